The van der Waals surface area contributed by atoms with E-state index in [9.17, 15) is 0 Å². The van der Waals surface area contributed by atoms with Crippen molar-refractivity contribution in [1.29, 1.82) is 0 Å². The van der Waals surface area contributed by atoms with Gasteiger partial charge in [0.05, 0.1) is 0 Å². The van der Waals surface area contributed by atoms with Crippen molar-refractivity contribution in [2.45, 2.75) is 155 Å². The van der Waals surface area contributed by atoms with Gasteiger partial charge in [-0.25, -0.2) is 0 Å². The van der Waals surface area contributed by atoms with Crippen molar-refractivity contribution in [3.8, 4) is 0 Å². The van der Waals surface area contributed by atoms with Gasteiger partial charge in [-0.2, -0.15) is 11.8 Å². The van der Waals surface area contributed by atoms with Gasteiger partial charge in [0.15, 0.2) is 0 Å². The summed E-state index contributed by atoms with van der Waals surface area (Å²) in [5, 5.41) is 0. The molecule has 0 spiro atoms. The van der Waals surface area contributed by atoms with E-state index >= 15 is 0 Å². The maximum absolute atomic E-state index is 2.48. The molecule has 0 aromatic heterocycles. The Kier molecular flexibility index (Phi) is 26.7. The SMILES string of the molecule is CCCCCCCCCCCCCCCCC[CH]SCCCCCCCC. The Morgan fingerprint density at radius 1 is 0.407 bits per heavy atom. The summed E-state index contributed by atoms with van der Waals surface area (Å²) in [4.78, 5) is 0. The van der Waals surface area contributed by atoms with Crippen LogP contribution in [0.25, 0.3) is 0 Å². The summed E-state index contributed by atoms with van der Waals surface area (Å²) in [6.07, 6.45) is 31.8. The number of hydrogen-bond acceptors (Lipinski definition) is 1. The molecule has 0 rings (SSSR count). The van der Waals surface area contributed by atoms with Crippen LogP contribution in [0, 0.1) is 5.75 Å². The summed E-state index contributed by atoms with van der Waals surface area (Å²) in [5.41, 5.74) is 0. The Morgan fingerprint density at radius 3 is 1.15 bits per heavy atom. The van der Waals surface area contributed by atoms with E-state index in [4.69, 9.17) is 0 Å². The van der Waals surface area contributed by atoms with E-state index in [1.165, 1.54) is 147 Å². The van der Waals surface area contributed by atoms with Gasteiger partial charge in [-0.1, -0.05) is 142 Å². The van der Waals surface area contributed by atoms with Crippen molar-refractivity contribution in [2.75, 3.05) is 5.75 Å². The number of rotatable bonds is 24. The van der Waals surface area contributed by atoms with Crippen LogP contribution >= 0.6 is 11.8 Å². The van der Waals surface area contributed by atoms with Gasteiger partial charge in [-0.3, -0.25) is 0 Å². The molecule has 0 atom stereocenters. The number of thioether (sulfide) groups is 1. The lowest BCUT2D eigenvalue weighted by atomic mass is 10.0. The molecule has 0 unspecified atom stereocenters. The highest BCUT2D eigenvalue weighted by molar-refractivity contribution is 8.01. The molecule has 0 aromatic rings. The molecule has 0 bridgehead atoms. The zero-order valence-electron chi connectivity index (χ0n) is 19.2. The Morgan fingerprint density at radius 2 is 0.741 bits per heavy atom. The second-order valence-corrected chi connectivity index (χ2v) is 9.62. The topological polar surface area (TPSA) is 0 Å². The van der Waals surface area contributed by atoms with E-state index in [0.29, 0.717) is 0 Å². The van der Waals surface area contributed by atoms with Crippen LogP contribution in [0.3, 0.4) is 0 Å². The molecule has 0 aliphatic rings. The first kappa shape index (κ1) is 27.4. The highest BCUT2D eigenvalue weighted by atomic mass is 32.2. The lowest BCUT2D eigenvalue weighted by molar-refractivity contribution is 0.532. The molecule has 0 aliphatic carbocycles. The van der Waals surface area contributed by atoms with E-state index in [1.807, 2.05) is 0 Å². The summed E-state index contributed by atoms with van der Waals surface area (Å²) in [6, 6.07) is 0. The van der Waals surface area contributed by atoms with E-state index in [0.717, 1.165) is 0 Å². The molecule has 0 fully saturated rings. The van der Waals surface area contributed by atoms with Crippen LogP contribution in [0.2, 0.25) is 0 Å². The van der Waals surface area contributed by atoms with Gasteiger partial charge in [0, 0.05) is 5.75 Å². The first-order valence-electron chi connectivity index (χ1n) is 12.8. The van der Waals surface area contributed by atoms with E-state index < -0.39 is 0 Å². The Balaban J connectivity index is 2.95. The fourth-order valence-electron chi connectivity index (χ4n) is 3.73. The molecule has 163 valence electrons. The van der Waals surface area contributed by atoms with Crippen LogP contribution < -0.4 is 0 Å². The smallest absolute Gasteiger partial charge is 0.0166 e. The molecule has 27 heavy (non-hydrogen) atoms. The molecule has 0 heterocycles. The fraction of sp³-hybridized carbons (Fsp3) is 0.962. The molecule has 0 amide bonds. The maximum atomic E-state index is 2.48. The molecule has 0 aliphatic heterocycles. The molecular weight excluding hydrogens is 344 g/mol. The predicted molar refractivity (Wildman–Crippen MR) is 130 cm³/mol. The highest BCUT2D eigenvalue weighted by Gasteiger charge is 1.96. The second kappa shape index (κ2) is 26.4. The standard InChI is InChI=1S/C26H53S/c1-3-5-7-9-11-12-13-14-15-16-17-18-19-20-22-24-26-27-25-23-21-10-8-6-4-2/h26H,3-25H2,1-2H3. The van der Waals surface area contributed by atoms with Crippen molar-refractivity contribution in [3.05, 3.63) is 5.75 Å². The van der Waals surface area contributed by atoms with Crippen LogP contribution in [0.15, 0.2) is 0 Å². The van der Waals surface area contributed by atoms with Gasteiger partial charge in [-0.05, 0) is 18.6 Å². The molecule has 0 saturated carbocycles. The molecule has 1 radical (unpaired) electrons. The third-order valence-corrected chi connectivity index (χ3v) is 6.65. The summed E-state index contributed by atoms with van der Waals surface area (Å²) in [5.74, 6) is 3.83. The minimum absolute atomic E-state index is 1.33. The summed E-state index contributed by atoms with van der Waals surface area (Å²) >= 11 is 2.08. The average molecular weight is 398 g/mol. The third-order valence-electron chi connectivity index (χ3n) is 5.66. The van der Waals surface area contributed by atoms with Gasteiger partial charge in [0.1, 0.15) is 0 Å². The maximum Gasteiger partial charge on any atom is 0.0166 e. The van der Waals surface area contributed by atoms with Crippen molar-refractivity contribution in [1.82, 2.24) is 0 Å². The molecule has 0 aromatic carbocycles. The second-order valence-electron chi connectivity index (χ2n) is 8.54. The van der Waals surface area contributed by atoms with Crippen molar-refractivity contribution in [2.24, 2.45) is 0 Å². The van der Waals surface area contributed by atoms with Crippen LogP contribution in [0.4, 0.5) is 0 Å². The van der Waals surface area contributed by atoms with Crippen molar-refractivity contribution >= 4 is 11.8 Å². The van der Waals surface area contributed by atoms with Crippen LogP contribution in [0.5, 0.6) is 0 Å². The largest absolute Gasteiger partial charge is 0.157 e. The van der Waals surface area contributed by atoms with Gasteiger partial charge in [-0.15, -0.1) is 0 Å². The summed E-state index contributed by atoms with van der Waals surface area (Å²) < 4.78 is 0. The Hall–Kier alpha value is 0.350. The quantitative estimate of drug-likeness (QED) is 0.146. The lowest BCUT2D eigenvalue weighted by Crippen LogP contribution is -1.84. The number of hydrogen-bond donors (Lipinski definition) is 0. The predicted octanol–water partition coefficient (Wildman–Crippen LogP) is 10.5. The average Bonchev–Trinajstić information content (AvgIpc) is 2.68. The highest BCUT2D eigenvalue weighted by Crippen LogP contribution is 2.17. The van der Waals surface area contributed by atoms with E-state index in [2.05, 4.69) is 31.4 Å². The minimum atomic E-state index is 1.33. The van der Waals surface area contributed by atoms with Crippen LogP contribution in [0.1, 0.15) is 155 Å². The zero-order valence-corrected chi connectivity index (χ0v) is 20.1. The lowest BCUT2D eigenvalue weighted by Gasteiger charge is -2.04. The minimum Gasteiger partial charge on any atom is -0.157 e. The van der Waals surface area contributed by atoms with E-state index in [-0.39, 0.29) is 0 Å². The third kappa shape index (κ3) is 26.4. The Bertz CT molecular complexity index is 214. The molecule has 0 saturated heterocycles. The first-order chi connectivity index (χ1) is 13.4. The number of unbranched alkanes of at least 4 members (excludes halogenated alkanes) is 20. The monoisotopic (exact) mass is 397 g/mol. The van der Waals surface area contributed by atoms with Crippen molar-refractivity contribution in [3.63, 3.8) is 0 Å². The zero-order chi connectivity index (χ0) is 19.7. The first-order valence-corrected chi connectivity index (χ1v) is 13.9. The van der Waals surface area contributed by atoms with E-state index in [1.54, 1.807) is 0 Å². The molecule has 0 N–H and O–H groups in total. The van der Waals surface area contributed by atoms with Gasteiger partial charge in [0.25, 0.3) is 0 Å². The Labute approximate surface area is 178 Å². The van der Waals surface area contributed by atoms with Gasteiger partial charge in [0.2, 0.25) is 0 Å². The van der Waals surface area contributed by atoms with Gasteiger partial charge >= 0.3 is 0 Å². The van der Waals surface area contributed by atoms with Crippen LogP contribution in [-0.2, 0) is 0 Å². The molecule has 1 heteroatoms. The van der Waals surface area contributed by atoms with Gasteiger partial charge < -0.3 is 0 Å². The van der Waals surface area contributed by atoms with Crippen LogP contribution in [-0.4, -0.2) is 5.75 Å². The molecule has 0 nitrogen and oxygen atoms in total. The summed E-state index contributed by atoms with van der Waals surface area (Å²) in [7, 11) is 0. The fourth-order valence-corrected chi connectivity index (χ4v) is 4.60. The molecular formula is C26H53S. The normalized spacial score (nSPS) is 11.3. The summed E-state index contributed by atoms with van der Waals surface area (Å²) in [6.45, 7) is 4.60. The van der Waals surface area contributed by atoms with Crippen molar-refractivity contribution < 1.29 is 0 Å².